The first-order valence-corrected chi connectivity index (χ1v) is 8.02. The first kappa shape index (κ1) is 14.0. The summed E-state index contributed by atoms with van der Waals surface area (Å²) in [5.41, 5.74) is 6.19. The molecule has 1 aliphatic heterocycles. The molecule has 2 aromatic carbocycles. The lowest BCUT2D eigenvalue weighted by Gasteiger charge is -2.19. The second kappa shape index (κ2) is 5.42. The third-order valence-electron chi connectivity index (χ3n) is 3.85. The van der Waals surface area contributed by atoms with Gasteiger partial charge >= 0.3 is 0 Å². The van der Waals surface area contributed by atoms with E-state index in [1.807, 2.05) is 12.1 Å². The molecule has 1 nitrogen and oxygen atoms in total. The quantitative estimate of drug-likeness (QED) is 0.660. The van der Waals surface area contributed by atoms with Crippen LogP contribution in [0.5, 0.6) is 5.75 Å². The molecule has 0 radical (unpaired) electrons. The number of aryl methyl sites for hydroxylation is 2. The zero-order valence-corrected chi connectivity index (χ0v) is 13.9. The van der Waals surface area contributed by atoms with Gasteiger partial charge in [0, 0.05) is 17.0 Å². The number of rotatable bonds is 2. The molecule has 0 N–H and O–H groups in total. The van der Waals surface area contributed by atoms with Crippen molar-refractivity contribution < 1.29 is 4.74 Å². The molecule has 0 spiro atoms. The van der Waals surface area contributed by atoms with Crippen LogP contribution in [0.25, 0.3) is 0 Å². The van der Waals surface area contributed by atoms with Crippen LogP contribution in [-0.4, -0.2) is 6.61 Å². The Morgan fingerprint density at radius 1 is 1.20 bits per heavy atom. The second-order valence-electron chi connectivity index (χ2n) is 5.25. The highest BCUT2D eigenvalue weighted by Crippen LogP contribution is 2.44. The molecule has 2 aromatic rings. The van der Waals surface area contributed by atoms with Gasteiger partial charge in [-0.25, -0.2) is 0 Å². The van der Waals surface area contributed by atoms with E-state index >= 15 is 0 Å². The van der Waals surface area contributed by atoms with E-state index in [2.05, 4.69) is 48.0 Å². The lowest BCUT2D eigenvalue weighted by atomic mass is 9.94. The first-order valence-electron chi connectivity index (χ1n) is 6.73. The summed E-state index contributed by atoms with van der Waals surface area (Å²) in [5.74, 6) is 0.999. The van der Waals surface area contributed by atoms with Crippen molar-refractivity contribution in [1.82, 2.24) is 0 Å². The maximum Gasteiger partial charge on any atom is 0.127 e. The predicted octanol–water partition coefficient (Wildman–Crippen LogP) is 5.38. The monoisotopic (exact) mass is 350 g/mol. The molecule has 1 aliphatic rings. The van der Waals surface area contributed by atoms with E-state index in [1.165, 1.54) is 22.3 Å². The molecular formula is C17H16BrClO. The van der Waals surface area contributed by atoms with Crippen molar-refractivity contribution in [1.29, 1.82) is 0 Å². The highest BCUT2D eigenvalue weighted by atomic mass is 79.9. The van der Waals surface area contributed by atoms with Crippen LogP contribution in [0.2, 0.25) is 5.02 Å². The number of halogens is 2. The maximum atomic E-state index is 6.26. The van der Waals surface area contributed by atoms with Gasteiger partial charge in [-0.3, -0.25) is 0 Å². The Morgan fingerprint density at radius 3 is 2.60 bits per heavy atom. The average molecular weight is 352 g/mol. The lowest BCUT2D eigenvalue weighted by Crippen LogP contribution is -2.01. The van der Waals surface area contributed by atoms with Gasteiger partial charge in [0.1, 0.15) is 5.75 Å². The number of alkyl halides is 1. The summed E-state index contributed by atoms with van der Waals surface area (Å²) in [7, 11) is 0. The zero-order chi connectivity index (χ0) is 14.3. The standard InChI is InChI=1S/C17H16BrClO/c1-10-4-3-5-11(2)15(10)16(18)14-9-13(19)8-12-6-7-20-17(12)14/h3-5,8-9,16H,6-7H2,1-2H3. The van der Waals surface area contributed by atoms with E-state index in [-0.39, 0.29) is 4.83 Å². The van der Waals surface area contributed by atoms with Crippen LogP contribution in [0.4, 0.5) is 0 Å². The van der Waals surface area contributed by atoms with Gasteiger partial charge < -0.3 is 4.74 Å². The van der Waals surface area contributed by atoms with Gasteiger partial charge in [0.15, 0.2) is 0 Å². The van der Waals surface area contributed by atoms with Crippen molar-refractivity contribution >= 4 is 27.5 Å². The SMILES string of the molecule is Cc1cccc(C)c1C(Br)c1cc(Cl)cc2c1OCC2. The summed E-state index contributed by atoms with van der Waals surface area (Å²) in [6, 6.07) is 10.4. The van der Waals surface area contributed by atoms with Crippen LogP contribution in [0.1, 0.15) is 32.6 Å². The summed E-state index contributed by atoms with van der Waals surface area (Å²) in [4.78, 5) is 0.106. The van der Waals surface area contributed by atoms with Crippen molar-refractivity contribution in [3.05, 3.63) is 63.2 Å². The molecule has 0 saturated heterocycles. The third-order valence-corrected chi connectivity index (χ3v) is 5.02. The largest absolute Gasteiger partial charge is 0.493 e. The van der Waals surface area contributed by atoms with Gasteiger partial charge in [-0.1, -0.05) is 45.7 Å². The molecule has 0 saturated carbocycles. The Balaban J connectivity index is 2.14. The van der Waals surface area contributed by atoms with Gasteiger partial charge in [-0.05, 0) is 48.2 Å². The Kier molecular flexibility index (Phi) is 3.78. The molecule has 0 bridgehead atoms. The summed E-state index contributed by atoms with van der Waals surface area (Å²) >= 11 is 10.1. The average Bonchev–Trinajstić information content (AvgIpc) is 2.85. The Morgan fingerprint density at radius 2 is 1.90 bits per heavy atom. The summed E-state index contributed by atoms with van der Waals surface area (Å²) < 4.78 is 5.82. The topological polar surface area (TPSA) is 9.23 Å². The highest BCUT2D eigenvalue weighted by Gasteiger charge is 2.24. The van der Waals surface area contributed by atoms with Crippen molar-refractivity contribution in [2.24, 2.45) is 0 Å². The van der Waals surface area contributed by atoms with Crippen LogP contribution in [-0.2, 0) is 6.42 Å². The minimum atomic E-state index is 0.106. The highest BCUT2D eigenvalue weighted by molar-refractivity contribution is 9.09. The molecular weight excluding hydrogens is 336 g/mol. The maximum absolute atomic E-state index is 6.26. The van der Waals surface area contributed by atoms with Crippen molar-refractivity contribution in [3.8, 4) is 5.75 Å². The van der Waals surface area contributed by atoms with Crippen LogP contribution in [0.15, 0.2) is 30.3 Å². The van der Waals surface area contributed by atoms with Gasteiger partial charge in [0.25, 0.3) is 0 Å². The molecule has 1 heterocycles. The van der Waals surface area contributed by atoms with Gasteiger partial charge in [0.05, 0.1) is 11.4 Å². The summed E-state index contributed by atoms with van der Waals surface area (Å²) in [6.45, 7) is 5.03. The third kappa shape index (κ3) is 2.36. The molecule has 104 valence electrons. The van der Waals surface area contributed by atoms with E-state index in [9.17, 15) is 0 Å². The zero-order valence-electron chi connectivity index (χ0n) is 11.5. The minimum absolute atomic E-state index is 0.106. The molecule has 0 aromatic heterocycles. The van der Waals surface area contributed by atoms with Crippen LogP contribution in [0.3, 0.4) is 0 Å². The summed E-state index contributed by atoms with van der Waals surface area (Å²) in [6.07, 6.45) is 0.940. The molecule has 3 heteroatoms. The fourth-order valence-electron chi connectivity index (χ4n) is 2.87. The van der Waals surface area contributed by atoms with Crippen LogP contribution < -0.4 is 4.74 Å². The van der Waals surface area contributed by atoms with E-state index in [0.29, 0.717) is 0 Å². The lowest BCUT2D eigenvalue weighted by molar-refractivity contribution is 0.354. The Labute approximate surface area is 133 Å². The van der Waals surface area contributed by atoms with E-state index < -0.39 is 0 Å². The molecule has 3 rings (SSSR count). The number of benzene rings is 2. The van der Waals surface area contributed by atoms with Gasteiger partial charge in [-0.2, -0.15) is 0 Å². The summed E-state index contributed by atoms with van der Waals surface area (Å²) in [5, 5.41) is 0.778. The van der Waals surface area contributed by atoms with Crippen LogP contribution in [0, 0.1) is 13.8 Å². The van der Waals surface area contributed by atoms with E-state index in [1.54, 1.807) is 0 Å². The van der Waals surface area contributed by atoms with Crippen molar-refractivity contribution in [2.45, 2.75) is 25.1 Å². The van der Waals surface area contributed by atoms with Crippen molar-refractivity contribution in [2.75, 3.05) is 6.61 Å². The molecule has 0 aliphatic carbocycles. The molecule has 1 unspecified atom stereocenters. The molecule has 0 fully saturated rings. The normalized spacial score (nSPS) is 14.8. The first-order chi connectivity index (χ1) is 9.58. The predicted molar refractivity (Wildman–Crippen MR) is 87.3 cm³/mol. The Hall–Kier alpha value is -0.990. The molecule has 20 heavy (non-hydrogen) atoms. The number of fused-ring (bicyclic) bond motifs is 1. The smallest absolute Gasteiger partial charge is 0.127 e. The van der Waals surface area contributed by atoms with E-state index in [4.69, 9.17) is 16.3 Å². The number of hydrogen-bond donors (Lipinski definition) is 0. The molecule has 1 atom stereocenters. The fraction of sp³-hybridized carbons (Fsp3) is 0.294. The van der Waals surface area contributed by atoms with Crippen molar-refractivity contribution in [3.63, 3.8) is 0 Å². The number of hydrogen-bond acceptors (Lipinski definition) is 1. The van der Waals surface area contributed by atoms with Gasteiger partial charge in [-0.15, -0.1) is 0 Å². The van der Waals surface area contributed by atoms with E-state index in [0.717, 1.165) is 29.4 Å². The fourth-order valence-corrected chi connectivity index (χ4v) is 4.18. The number of ether oxygens (including phenoxy) is 1. The second-order valence-corrected chi connectivity index (χ2v) is 6.60. The van der Waals surface area contributed by atoms with Gasteiger partial charge in [0.2, 0.25) is 0 Å². The Bertz CT molecular complexity index is 646. The minimum Gasteiger partial charge on any atom is -0.493 e. The van der Waals surface area contributed by atoms with Crippen LogP contribution >= 0.6 is 27.5 Å². The molecule has 0 amide bonds.